The summed E-state index contributed by atoms with van der Waals surface area (Å²) >= 11 is 5.24. The zero-order valence-electron chi connectivity index (χ0n) is 17.3. The lowest BCUT2D eigenvalue weighted by Crippen LogP contribution is -2.34. The van der Waals surface area contributed by atoms with Gasteiger partial charge in [-0.2, -0.15) is 0 Å². The highest BCUT2D eigenvalue weighted by molar-refractivity contribution is 7.80. The minimum absolute atomic E-state index is 0.122. The van der Waals surface area contributed by atoms with Crippen molar-refractivity contribution in [1.82, 2.24) is 5.32 Å². The Hall–Kier alpha value is -3.71. The van der Waals surface area contributed by atoms with Crippen LogP contribution in [0.3, 0.4) is 0 Å². The lowest BCUT2D eigenvalue weighted by atomic mass is 10.1. The van der Waals surface area contributed by atoms with Gasteiger partial charge in [-0.1, -0.05) is 24.3 Å². The van der Waals surface area contributed by atoms with Gasteiger partial charge in [0.15, 0.2) is 5.11 Å². The number of amides is 2. The molecule has 3 rings (SSSR count). The molecule has 6 nitrogen and oxygen atoms in total. The van der Waals surface area contributed by atoms with Crippen molar-refractivity contribution in [3.63, 3.8) is 0 Å². The highest BCUT2D eigenvalue weighted by Gasteiger charge is 2.14. The summed E-state index contributed by atoms with van der Waals surface area (Å²) in [7, 11) is 1.73. The molecule has 2 N–H and O–H groups in total. The Kier molecular flexibility index (Phi) is 7.35. The molecule has 0 aliphatic carbocycles. The molecule has 0 unspecified atom stereocenters. The molecule has 0 heterocycles. The van der Waals surface area contributed by atoms with E-state index in [4.69, 9.17) is 17.0 Å². The lowest BCUT2D eigenvalue weighted by Gasteiger charge is -2.17. The van der Waals surface area contributed by atoms with Crippen molar-refractivity contribution < 1.29 is 14.3 Å². The molecule has 158 valence electrons. The van der Waals surface area contributed by atoms with E-state index in [1.165, 1.54) is 0 Å². The van der Waals surface area contributed by atoms with Crippen LogP contribution in [0.25, 0.3) is 0 Å². The Labute approximate surface area is 186 Å². The van der Waals surface area contributed by atoms with Crippen molar-refractivity contribution in [2.24, 2.45) is 0 Å². The van der Waals surface area contributed by atoms with E-state index in [0.717, 1.165) is 5.69 Å². The second-order valence-corrected chi connectivity index (χ2v) is 7.05. The van der Waals surface area contributed by atoms with Crippen LogP contribution < -0.4 is 20.3 Å². The Bertz CT molecular complexity index is 1070. The molecule has 0 radical (unpaired) electrons. The van der Waals surface area contributed by atoms with E-state index in [2.05, 4.69) is 10.6 Å². The summed E-state index contributed by atoms with van der Waals surface area (Å²) in [4.78, 5) is 26.7. The standard InChI is InChI=1S/C24H23N3O3S/c1-3-30-21-11-7-8-18(16-21)22(28)26-24(31)25-19-14-12-17(13-15-19)23(29)27(2)20-9-5-4-6-10-20/h4-16H,3H2,1-2H3,(H2,25,26,28,31). The number of benzene rings is 3. The van der Waals surface area contributed by atoms with Gasteiger partial charge in [0.2, 0.25) is 0 Å². The normalized spacial score (nSPS) is 10.1. The van der Waals surface area contributed by atoms with Gasteiger partial charge in [-0.05, 0) is 73.7 Å². The average Bonchev–Trinajstić information content (AvgIpc) is 2.79. The predicted molar refractivity (Wildman–Crippen MR) is 127 cm³/mol. The summed E-state index contributed by atoms with van der Waals surface area (Å²) in [6.07, 6.45) is 0. The maximum absolute atomic E-state index is 12.7. The van der Waals surface area contributed by atoms with Gasteiger partial charge in [0.25, 0.3) is 11.8 Å². The van der Waals surface area contributed by atoms with E-state index in [0.29, 0.717) is 29.2 Å². The summed E-state index contributed by atoms with van der Waals surface area (Å²) in [5.41, 5.74) is 2.46. The number of hydrogen-bond donors (Lipinski definition) is 2. The van der Waals surface area contributed by atoms with Crippen LogP contribution in [0.2, 0.25) is 0 Å². The molecule has 0 aromatic heterocycles. The first-order valence-electron chi connectivity index (χ1n) is 9.76. The summed E-state index contributed by atoms with van der Waals surface area (Å²) in [6, 6.07) is 23.2. The first kappa shape index (κ1) is 22.0. The predicted octanol–water partition coefficient (Wildman–Crippen LogP) is 4.49. The quantitative estimate of drug-likeness (QED) is 0.561. The number of nitrogens with zero attached hydrogens (tertiary/aromatic N) is 1. The fraction of sp³-hybridized carbons (Fsp3) is 0.125. The fourth-order valence-electron chi connectivity index (χ4n) is 2.89. The number of thiocarbonyl (C=S) groups is 1. The smallest absolute Gasteiger partial charge is 0.258 e. The van der Waals surface area contributed by atoms with Crippen LogP contribution in [0.15, 0.2) is 78.9 Å². The zero-order valence-corrected chi connectivity index (χ0v) is 18.1. The van der Waals surface area contributed by atoms with E-state index < -0.39 is 0 Å². The van der Waals surface area contributed by atoms with Crippen LogP contribution in [0.5, 0.6) is 5.75 Å². The number of hydrogen-bond acceptors (Lipinski definition) is 4. The van der Waals surface area contributed by atoms with Crippen molar-refractivity contribution in [1.29, 1.82) is 0 Å². The first-order valence-corrected chi connectivity index (χ1v) is 10.2. The topological polar surface area (TPSA) is 70.7 Å². The SMILES string of the molecule is CCOc1cccc(C(=O)NC(=S)Nc2ccc(C(=O)N(C)c3ccccc3)cc2)c1. The molecule has 0 fully saturated rings. The molecule has 3 aromatic carbocycles. The van der Waals surface area contributed by atoms with Crippen molar-refractivity contribution in [3.05, 3.63) is 90.0 Å². The van der Waals surface area contributed by atoms with Gasteiger partial charge < -0.3 is 15.0 Å². The fourth-order valence-corrected chi connectivity index (χ4v) is 3.10. The molecule has 0 aliphatic heterocycles. The van der Waals surface area contributed by atoms with Gasteiger partial charge in [0, 0.05) is 29.5 Å². The van der Waals surface area contributed by atoms with Crippen molar-refractivity contribution in [2.45, 2.75) is 6.92 Å². The average molecular weight is 434 g/mol. The molecule has 3 aromatic rings. The number of ether oxygens (including phenoxy) is 1. The Morgan fingerprint density at radius 3 is 2.32 bits per heavy atom. The molecular weight excluding hydrogens is 410 g/mol. The zero-order chi connectivity index (χ0) is 22.2. The van der Waals surface area contributed by atoms with E-state index in [-0.39, 0.29) is 16.9 Å². The lowest BCUT2D eigenvalue weighted by molar-refractivity contribution is 0.0974. The molecule has 0 saturated carbocycles. The van der Waals surface area contributed by atoms with E-state index in [1.807, 2.05) is 37.3 Å². The summed E-state index contributed by atoms with van der Waals surface area (Å²) in [6.45, 7) is 2.40. The number of nitrogens with one attached hydrogen (secondary N) is 2. The summed E-state index contributed by atoms with van der Waals surface area (Å²) in [5.74, 6) is 0.160. The number of para-hydroxylation sites is 1. The van der Waals surface area contributed by atoms with E-state index in [1.54, 1.807) is 60.5 Å². The minimum Gasteiger partial charge on any atom is -0.494 e. The largest absolute Gasteiger partial charge is 0.494 e. The van der Waals surface area contributed by atoms with Gasteiger partial charge in [0.1, 0.15) is 5.75 Å². The van der Waals surface area contributed by atoms with Gasteiger partial charge in [-0.3, -0.25) is 14.9 Å². The Morgan fingerprint density at radius 2 is 1.65 bits per heavy atom. The van der Waals surface area contributed by atoms with E-state index in [9.17, 15) is 9.59 Å². The molecule has 0 atom stereocenters. The molecule has 0 aliphatic rings. The molecule has 0 saturated heterocycles. The van der Waals surface area contributed by atoms with Gasteiger partial charge in [0.05, 0.1) is 6.61 Å². The third kappa shape index (κ3) is 5.90. The molecule has 7 heteroatoms. The second kappa shape index (κ2) is 10.4. The molecule has 2 amide bonds. The van der Waals surface area contributed by atoms with Gasteiger partial charge in [-0.25, -0.2) is 0 Å². The Balaban J connectivity index is 1.59. The third-order valence-corrected chi connectivity index (χ3v) is 4.68. The number of carbonyl (C=O) groups is 2. The van der Waals surface area contributed by atoms with Crippen LogP contribution >= 0.6 is 12.2 Å². The van der Waals surface area contributed by atoms with Crippen LogP contribution in [-0.2, 0) is 0 Å². The molecule has 31 heavy (non-hydrogen) atoms. The van der Waals surface area contributed by atoms with Crippen LogP contribution in [0, 0.1) is 0 Å². The first-order chi connectivity index (χ1) is 15.0. The monoisotopic (exact) mass is 433 g/mol. The molecular formula is C24H23N3O3S. The van der Waals surface area contributed by atoms with Gasteiger partial charge >= 0.3 is 0 Å². The highest BCUT2D eigenvalue weighted by atomic mass is 32.1. The van der Waals surface area contributed by atoms with Crippen molar-refractivity contribution in [3.8, 4) is 5.75 Å². The number of rotatable bonds is 6. The Morgan fingerprint density at radius 1 is 0.935 bits per heavy atom. The summed E-state index contributed by atoms with van der Waals surface area (Å²) < 4.78 is 5.41. The third-order valence-electron chi connectivity index (χ3n) is 4.47. The number of carbonyl (C=O) groups excluding carboxylic acids is 2. The van der Waals surface area contributed by atoms with Crippen LogP contribution in [-0.4, -0.2) is 30.6 Å². The summed E-state index contributed by atoms with van der Waals surface area (Å²) in [5, 5.41) is 5.75. The van der Waals surface area contributed by atoms with Crippen molar-refractivity contribution in [2.75, 3.05) is 23.9 Å². The van der Waals surface area contributed by atoms with Crippen molar-refractivity contribution >= 4 is 40.5 Å². The number of anilines is 2. The second-order valence-electron chi connectivity index (χ2n) is 6.65. The maximum atomic E-state index is 12.7. The van der Waals surface area contributed by atoms with Crippen LogP contribution in [0.1, 0.15) is 27.6 Å². The minimum atomic E-state index is -0.338. The molecule has 0 bridgehead atoms. The maximum Gasteiger partial charge on any atom is 0.258 e. The highest BCUT2D eigenvalue weighted by Crippen LogP contribution is 2.17. The van der Waals surface area contributed by atoms with Crippen LogP contribution in [0.4, 0.5) is 11.4 Å². The van der Waals surface area contributed by atoms with E-state index >= 15 is 0 Å². The van der Waals surface area contributed by atoms with Gasteiger partial charge in [-0.15, -0.1) is 0 Å². The molecule has 0 spiro atoms.